The molecule has 0 unspecified atom stereocenters. The summed E-state index contributed by atoms with van der Waals surface area (Å²) in [5.41, 5.74) is 4.00. The minimum absolute atomic E-state index is 0.569. The molecule has 3 rings (SSSR count). The smallest absolute Gasteiger partial charge is 0.00104 e. The molecule has 0 saturated carbocycles. The Balaban J connectivity index is 1.83. The van der Waals surface area contributed by atoms with Crippen LogP contribution in [0.1, 0.15) is 39.0 Å². The fourth-order valence-electron chi connectivity index (χ4n) is 3.83. The summed E-state index contributed by atoms with van der Waals surface area (Å²) in [5, 5.41) is 0. The van der Waals surface area contributed by atoms with Gasteiger partial charge in [0, 0.05) is 0 Å². The van der Waals surface area contributed by atoms with E-state index in [-0.39, 0.29) is 0 Å². The summed E-state index contributed by atoms with van der Waals surface area (Å²) >= 11 is 0. The molecule has 0 radical (unpaired) electrons. The summed E-state index contributed by atoms with van der Waals surface area (Å²) in [4.78, 5) is 2.60. The van der Waals surface area contributed by atoms with E-state index in [1.807, 2.05) is 0 Å². The minimum Gasteiger partial charge on any atom is -0.304 e. The van der Waals surface area contributed by atoms with Crippen molar-refractivity contribution in [2.45, 2.75) is 39.0 Å². The first-order chi connectivity index (χ1) is 8.34. The van der Waals surface area contributed by atoms with Gasteiger partial charge >= 0.3 is 0 Å². The lowest BCUT2D eigenvalue weighted by atomic mass is 9.72. The number of piperidine rings is 1. The molecular weight excluding hydrogens is 206 g/mol. The molecule has 1 heteroatoms. The highest BCUT2D eigenvalue weighted by Gasteiger charge is 2.41. The van der Waals surface area contributed by atoms with Crippen LogP contribution in [0.3, 0.4) is 0 Å². The van der Waals surface area contributed by atoms with Crippen molar-refractivity contribution < 1.29 is 0 Å². The van der Waals surface area contributed by atoms with Crippen LogP contribution < -0.4 is 0 Å². The Bertz CT molecular complexity index is 378. The van der Waals surface area contributed by atoms with E-state index in [9.17, 15) is 0 Å². The van der Waals surface area contributed by atoms with Gasteiger partial charge in [0.15, 0.2) is 0 Å². The van der Waals surface area contributed by atoms with Gasteiger partial charge < -0.3 is 4.90 Å². The molecule has 3 aliphatic rings. The van der Waals surface area contributed by atoms with E-state index < -0.39 is 0 Å². The molecule has 0 aromatic heterocycles. The first kappa shape index (κ1) is 11.3. The SMILES string of the molecule is CCN1CCC2(CCC3=C2CC=CC=C3)CC1. The molecule has 92 valence electrons. The Hall–Kier alpha value is -0.820. The molecule has 0 N–H and O–H groups in total. The van der Waals surface area contributed by atoms with E-state index in [1.54, 1.807) is 11.1 Å². The minimum atomic E-state index is 0.569. The van der Waals surface area contributed by atoms with Crippen molar-refractivity contribution in [2.75, 3.05) is 19.6 Å². The number of allylic oxidation sites excluding steroid dienone is 6. The summed E-state index contributed by atoms with van der Waals surface area (Å²) in [6, 6.07) is 0. The Morgan fingerprint density at radius 1 is 1.18 bits per heavy atom. The largest absolute Gasteiger partial charge is 0.304 e. The van der Waals surface area contributed by atoms with Crippen LogP contribution in [0.15, 0.2) is 35.5 Å². The average Bonchev–Trinajstić information content (AvgIpc) is 2.57. The van der Waals surface area contributed by atoms with Gasteiger partial charge in [-0.05, 0) is 62.7 Å². The van der Waals surface area contributed by atoms with Crippen LogP contribution in [-0.2, 0) is 0 Å². The second-order valence-electron chi connectivity index (χ2n) is 5.71. The Morgan fingerprint density at radius 3 is 2.76 bits per heavy atom. The average molecular weight is 229 g/mol. The topological polar surface area (TPSA) is 3.24 Å². The molecule has 1 nitrogen and oxygen atoms in total. The van der Waals surface area contributed by atoms with Crippen LogP contribution in [-0.4, -0.2) is 24.5 Å². The van der Waals surface area contributed by atoms with E-state index in [0.29, 0.717) is 5.41 Å². The monoisotopic (exact) mass is 229 g/mol. The Morgan fingerprint density at radius 2 is 2.00 bits per heavy atom. The van der Waals surface area contributed by atoms with Gasteiger partial charge in [-0.2, -0.15) is 0 Å². The van der Waals surface area contributed by atoms with Gasteiger partial charge in [-0.3, -0.25) is 0 Å². The van der Waals surface area contributed by atoms with Crippen molar-refractivity contribution in [1.82, 2.24) is 4.90 Å². The maximum atomic E-state index is 2.60. The molecule has 1 saturated heterocycles. The Labute approximate surface area is 105 Å². The van der Waals surface area contributed by atoms with Gasteiger partial charge in [0.05, 0.1) is 0 Å². The molecule has 1 heterocycles. The van der Waals surface area contributed by atoms with Crippen LogP contribution in [0.2, 0.25) is 0 Å². The zero-order valence-electron chi connectivity index (χ0n) is 10.9. The maximum absolute atomic E-state index is 2.60. The fraction of sp³-hybridized carbons (Fsp3) is 0.625. The van der Waals surface area contributed by atoms with Gasteiger partial charge in [0.2, 0.25) is 0 Å². The standard InChI is InChI=1S/C16H23N/c1-2-17-12-10-16(11-13-17)9-8-14-6-4-3-5-7-15(14)16/h3-6H,2,7-13H2,1H3. The van der Waals surface area contributed by atoms with E-state index in [2.05, 4.69) is 36.1 Å². The van der Waals surface area contributed by atoms with E-state index in [4.69, 9.17) is 0 Å². The van der Waals surface area contributed by atoms with Gasteiger partial charge in [-0.1, -0.05) is 36.8 Å². The van der Waals surface area contributed by atoms with Gasteiger partial charge in [0.1, 0.15) is 0 Å². The molecule has 0 aromatic carbocycles. The van der Waals surface area contributed by atoms with E-state index in [1.165, 1.54) is 51.7 Å². The van der Waals surface area contributed by atoms with Crippen molar-refractivity contribution in [1.29, 1.82) is 0 Å². The lowest BCUT2D eigenvalue weighted by Gasteiger charge is -2.41. The molecule has 1 fully saturated rings. The number of hydrogen-bond donors (Lipinski definition) is 0. The summed E-state index contributed by atoms with van der Waals surface area (Å²) < 4.78 is 0. The summed E-state index contributed by atoms with van der Waals surface area (Å²) in [5.74, 6) is 0. The first-order valence-electron chi connectivity index (χ1n) is 7.12. The highest BCUT2D eigenvalue weighted by molar-refractivity contribution is 5.40. The number of hydrogen-bond acceptors (Lipinski definition) is 1. The van der Waals surface area contributed by atoms with Gasteiger partial charge in [0.25, 0.3) is 0 Å². The van der Waals surface area contributed by atoms with E-state index in [0.717, 1.165) is 0 Å². The number of rotatable bonds is 1. The molecule has 0 bridgehead atoms. The molecule has 0 amide bonds. The van der Waals surface area contributed by atoms with E-state index >= 15 is 0 Å². The van der Waals surface area contributed by atoms with Gasteiger partial charge in [-0.25, -0.2) is 0 Å². The third kappa shape index (κ3) is 1.91. The second-order valence-corrected chi connectivity index (χ2v) is 5.71. The zero-order valence-corrected chi connectivity index (χ0v) is 10.9. The fourth-order valence-corrected chi connectivity index (χ4v) is 3.83. The highest BCUT2D eigenvalue weighted by Crippen LogP contribution is 2.52. The molecule has 1 spiro atoms. The second kappa shape index (κ2) is 4.45. The quantitative estimate of drug-likeness (QED) is 0.663. The Kier molecular flexibility index (Phi) is 2.96. The van der Waals surface area contributed by atoms with Crippen molar-refractivity contribution in [3.63, 3.8) is 0 Å². The normalized spacial score (nSPS) is 27.6. The summed E-state index contributed by atoms with van der Waals surface area (Å²) in [7, 11) is 0. The summed E-state index contributed by atoms with van der Waals surface area (Å²) in [6.45, 7) is 6.12. The van der Waals surface area contributed by atoms with Crippen molar-refractivity contribution in [3.05, 3.63) is 35.5 Å². The van der Waals surface area contributed by atoms with Crippen molar-refractivity contribution in [2.24, 2.45) is 5.41 Å². The van der Waals surface area contributed by atoms with Crippen molar-refractivity contribution in [3.8, 4) is 0 Å². The number of likely N-dealkylation sites (tertiary alicyclic amines) is 1. The van der Waals surface area contributed by atoms with Crippen LogP contribution >= 0.6 is 0 Å². The van der Waals surface area contributed by atoms with Crippen LogP contribution in [0.5, 0.6) is 0 Å². The van der Waals surface area contributed by atoms with Gasteiger partial charge in [-0.15, -0.1) is 0 Å². The molecular formula is C16H23N. The molecule has 17 heavy (non-hydrogen) atoms. The highest BCUT2D eigenvalue weighted by atomic mass is 15.1. The number of nitrogens with zero attached hydrogens (tertiary/aromatic N) is 1. The lowest BCUT2D eigenvalue weighted by Crippen LogP contribution is -2.39. The third-order valence-electron chi connectivity index (χ3n) is 5.03. The van der Waals surface area contributed by atoms with Crippen LogP contribution in [0.25, 0.3) is 0 Å². The van der Waals surface area contributed by atoms with Crippen molar-refractivity contribution >= 4 is 0 Å². The molecule has 0 atom stereocenters. The molecule has 1 aliphatic heterocycles. The predicted molar refractivity (Wildman–Crippen MR) is 72.9 cm³/mol. The first-order valence-corrected chi connectivity index (χ1v) is 7.12. The number of fused-ring (bicyclic) bond motifs is 1. The lowest BCUT2D eigenvalue weighted by molar-refractivity contribution is 0.135. The third-order valence-corrected chi connectivity index (χ3v) is 5.03. The zero-order chi connectivity index (χ0) is 11.7. The van der Waals surface area contributed by atoms with Crippen LogP contribution in [0, 0.1) is 5.41 Å². The molecule has 0 aromatic rings. The maximum Gasteiger partial charge on any atom is -0.00104 e. The molecule has 2 aliphatic carbocycles. The summed E-state index contributed by atoms with van der Waals surface area (Å²) in [6.07, 6.45) is 15.9. The van der Waals surface area contributed by atoms with Crippen LogP contribution in [0.4, 0.5) is 0 Å². The predicted octanol–water partition coefficient (Wildman–Crippen LogP) is 3.70.